The van der Waals surface area contributed by atoms with Crippen LogP contribution in [0.4, 0.5) is 0 Å². The first-order valence-electron chi connectivity index (χ1n) is 9.84. The molecule has 4 aromatic rings. The highest BCUT2D eigenvalue weighted by Crippen LogP contribution is 2.24. The molecule has 0 spiro atoms. The molecule has 160 valence electrons. The Morgan fingerprint density at radius 1 is 1.06 bits per heavy atom. The van der Waals surface area contributed by atoms with Crippen molar-refractivity contribution in [1.82, 2.24) is 10.0 Å². The highest BCUT2D eigenvalue weighted by molar-refractivity contribution is 7.89. The molecule has 0 aliphatic carbocycles. The van der Waals surface area contributed by atoms with Crippen LogP contribution in [0.1, 0.15) is 34.0 Å². The van der Waals surface area contributed by atoms with E-state index in [1.807, 2.05) is 54.8 Å². The van der Waals surface area contributed by atoms with Crippen molar-refractivity contribution in [2.75, 3.05) is 6.54 Å². The van der Waals surface area contributed by atoms with E-state index in [2.05, 4.69) is 10.0 Å². The van der Waals surface area contributed by atoms with Crippen molar-refractivity contribution >= 4 is 38.2 Å². The fourth-order valence-electron chi connectivity index (χ4n) is 3.20. The number of benzene rings is 2. The van der Waals surface area contributed by atoms with E-state index in [9.17, 15) is 13.2 Å². The molecule has 1 amide bonds. The molecule has 2 N–H and O–H groups in total. The number of hydrogen-bond donors (Lipinski definition) is 2. The van der Waals surface area contributed by atoms with Crippen molar-refractivity contribution in [2.24, 2.45) is 0 Å². The molecule has 0 fully saturated rings. The molecule has 0 radical (unpaired) electrons. The van der Waals surface area contributed by atoms with Gasteiger partial charge in [-0.15, -0.1) is 11.3 Å². The first-order chi connectivity index (χ1) is 14.9. The molecule has 2 aromatic heterocycles. The molecule has 2 aromatic carbocycles. The number of amides is 1. The number of fused-ring (bicyclic) bond motifs is 1. The van der Waals surface area contributed by atoms with Crippen molar-refractivity contribution in [3.63, 3.8) is 0 Å². The zero-order valence-electron chi connectivity index (χ0n) is 16.9. The van der Waals surface area contributed by atoms with Crippen LogP contribution in [0.15, 0.2) is 81.4 Å². The second-order valence-corrected chi connectivity index (χ2v) is 9.93. The maximum atomic E-state index is 12.6. The van der Waals surface area contributed by atoms with E-state index < -0.39 is 10.0 Å². The monoisotopic (exact) mass is 454 g/mol. The Bertz CT molecular complexity index is 1240. The van der Waals surface area contributed by atoms with Gasteiger partial charge in [-0.1, -0.05) is 24.3 Å². The van der Waals surface area contributed by atoms with Gasteiger partial charge in [0.25, 0.3) is 5.91 Å². The van der Waals surface area contributed by atoms with E-state index in [0.29, 0.717) is 24.3 Å². The number of carbonyl (C=O) groups is 1. The van der Waals surface area contributed by atoms with Gasteiger partial charge in [0.1, 0.15) is 11.3 Å². The first-order valence-corrected chi connectivity index (χ1v) is 12.2. The number of sulfonamides is 1. The summed E-state index contributed by atoms with van der Waals surface area (Å²) in [5.74, 6) is 0.353. The number of nitrogens with one attached hydrogen (secondary N) is 2. The predicted molar refractivity (Wildman–Crippen MR) is 122 cm³/mol. The molecule has 0 bridgehead atoms. The van der Waals surface area contributed by atoms with Gasteiger partial charge in [0.15, 0.2) is 0 Å². The van der Waals surface area contributed by atoms with Crippen LogP contribution in [0.3, 0.4) is 0 Å². The Morgan fingerprint density at radius 2 is 1.84 bits per heavy atom. The smallest absolute Gasteiger partial charge is 0.251 e. The van der Waals surface area contributed by atoms with Gasteiger partial charge in [-0.3, -0.25) is 4.79 Å². The Morgan fingerprint density at radius 3 is 2.55 bits per heavy atom. The van der Waals surface area contributed by atoms with Gasteiger partial charge < -0.3 is 9.73 Å². The van der Waals surface area contributed by atoms with Gasteiger partial charge in [0, 0.05) is 22.4 Å². The highest BCUT2D eigenvalue weighted by atomic mass is 32.2. The molecule has 8 heteroatoms. The summed E-state index contributed by atoms with van der Waals surface area (Å²) in [6.07, 6.45) is 0.636. The maximum Gasteiger partial charge on any atom is 0.251 e. The summed E-state index contributed by atoms with van der Waals surface area (Å²) in [4.78, 5) is 13.8. The average Bonchev–Trinajstić information content (AvgIpc) is 3.43. The molecule has 0 aliphatic rings. The summed E-state index contributed by atoms with van der Waals surface area (Å²) in [5.41, 5.74) is 1.14. The Kier molecular flexibility index (Phi) is 6.22. The quantitative estimate of drug-likeness (QED) is 0.410. The predicted octanol–water partition coefficient (Wildman–Crippen LogP) is 4.51. The second kappa shape index (κ2) is 9.05. The molecular formula is C23H22N2O4S2. The third kappa shape index (κ3) is 5.04. The van der Waals surface area contributed by atoms with Gasteiger partial charge in [-0.05, 0) is 61.2 Å². The van der Waals surface area contributed by atoms with Gasteiger partial charge in [-0.25, -0.2) is 13.1 Å². The second-order valence-electron chi connectivity index (χ2n) is 7.13. The van der Waals surface area contributed by atoms with Crippen molar-refractivity contribution < 1.29 is 17.6 Å². The molecule has 0 saturated carbocycles. The molecular weight excluding hydrogens is 432 g/mol. The van der Waals surface area contributed by atoms with E-state index in [4.69, 9.17) is 4.42 Å². The fourth-order valence-corrected chi connectivity index (χ4v) is 4.94. The van der Waals surface area contributed by atoms with Crippen LogP contribution in [-0.4, -0.2) is 20.9 Å². The molecule has 31 heavy (non-hydrogen) atoms. The lowest BCUT2D eigenvalue weighted by molar-refractivity contribution is 0.0935. The summed E-state index contributed by atoms with van der Waals surface area (Å²) in [5, 5.41) is 5.82. The minimum Gasteiger partial charge on any atom is -0.459 e. The lowest BCUT2D eigenvalue weighted by Gasteiger charge is -2.12. The highest BCUT2D eigenvalue weighted by Gasteiger charge is 2.17. The average molecular weight is 455 g/mol. The molecule has 2 heterocycles. The maximum absolute atomic E-state index is 12.6. The number of hydrogen-bond acceptors (Lipinski definition) is 5. The van der Waals surface area contributed by atoms with Crippen LogP contribution in [0.5, 0.6) is 0 Å². The van der Waals surface area contributed by atoms with Crippen molar-refractivity contribution in [3.05, 3.63) is 88.3 Å². The normalized spacial score (nSPS) is 12.7. The largest absolute Gasteiger partial charge is 0.459 e. The summed E-state index contributed by atoms with van der Waals surface area (Å²) >= 11 is 1.59. The summed E-state index contributed by atoms with van der Waals surface area (Å²) in [6.45, 7) is 2.16. The SMILES string of the molecule is CC(NC(=O)c1ccc(S(=O)(=O)NCCc2cccs2)cc1)c1cc2ccccc2o1. The zero-order valence-corrected chi connectivity index (χ0v) is 18.5. The lowest BCUT2D eigenvalue weighted by atomic mass is 10.1. The van der Waals surface area contributed by atoms with Crippen LogP contribution in [0.25, 0.3) is 11.0 Å². The standard InChI is InChI=1S/C23H22N2O4S2/c1-16(22-15-18-5-2-3-7-21(18)29-22)25-23(26)17-8-10-20(11-9-17)31(27,28)24-13-12-19-6-4-14-30-19/h2-11,14-16,24H,12-13H2,1H3,(H,25,26). The fraction of sp³-hybridized carbons (Fsp3) is 0.174. The van der Waals surface area contributed by atoms with E-state index in [0.717, 1.165) is 15.8 Å². The summed E-state index contributed by atoms with van der Waals surface area (Å²) in [6, 6.07) is 19.0. The van der Waals surface area contributed by atoms with Gasteiger partial charge in [0.05, 0.1) is 10.9 Å². The van der Waals surface area contributed by atoms with E-state index in [1.54, 1.807) is 11.3 Å². The van der Waals surface area contributed by atoms with Crippen LogP contribution >= 0.6 is 11.3 Å². The van der Waals surface area contributed by atoms with Gasteiger partial charge >= 0.3 is 0 Å². The topological polar surface area (TPSA) is 88.4 Å². The van der Waals surface area contributed by atoms with E-state index >= 15 is 0 Å². The van der Waals surface area contributed by atoms with Crippen LogP contribution in [0.2, 0.25) is 0 Å². The Labute approximate surface area is 185 Å². The number of thiophene rings is 1. The van der Waals surface area contributed by atoms with Crippen LogP contribution in [0, 0.1) is 0 Å². The zero-order chi connectivity index (χ0) is 21.8. The molecule has 1 atom stereocenters. The van der Waals surface area contributed by atoms with Crippen LogP contribution in [-0.2, 0) is 16.4 Å². The van der Waals surface area contributed by atoms with Crippen molar-refractivity contribution in [3.8, 4) is 0 Å². The Hall–Kier alpha value is -2.94. The number of rotatable bonds is 8. The molecule has 1 unspecified atom stereocenters. The van der Waals surface area contributed by atoms with Crippen LogP contribution < -0.4 is 10.0 Å². The third-order valence-electron chi connectivity index (χ3n) is 4.89. The molecule has 6 nitrogen and oxygen atoms in total. The molecule has 0 aliphatic heterocycles. The van der Waals surface area contributed by atoms with Crippen molar-refractivity contribution in [1.29, 1.82) is 0 Å². The van der Waals surface area contributed by atoms with Crippen molar-refractivity contribution in [2.45, 2.75) is 24.3 Å². The minimum atomic E-state index is -3.63. The van der Waals surface area contributed by atoms with Gasteiger partial charge in [-0.2, -0.15) is 0 Å². The number of carbonyl (C=O) groups excluding carboxylic acids is 1. The minimum absolute atomic E-state index is 0.126. The Balaban J connectivity index is 1.37. The number of para-hydroxylation sites is 1. The summed E-state index contributed by atoms with van der Waals surface area (Å²) < 4.78 is 33.3. The third-order valence-corrected chi connectivity index (χ3v) is 7.30. The van der Waals surface area contributed by atoms with Gasteiger partial charge in [0.2, 0.25) is 10.0 Å². The first kappa shape index (κ1) is 21.3. The lowest BCUT2D eigenvalue weighted by Crippen LogP contribution is -2.27. The van der Waals surface area contributed by atoms with E-state index in [1.165, 1.54) is 24.3 Å². The molecule has 4 rings (SSSR count). The van der Waals surface area contributed by atoms with E-state index in [-0.39, 0.29) is 16.8 Å². The molecule has 0 saturated heterocycles. The summed E-state index contributed by atoms with van der Waals surface area (Å²) in [7, 11) is -3.63. The number of furan rings is 1.